The molecule has 0 aliphatic rings. The molecule has 2 aromatic carbocycles. The van der Waals surface area contributed by atoms with Crippen LogP contribution in [-0.4, -0.2) is 38.4 Å². The van der Waals surface area contributed by atoms with Crippen LogP contribution in [0.1, 0.15) is 18.1 Å². The van der Waals surface area contributed by atoms with Crippen molar-refractivity contribution in [3.8, 4) is 5.69 Å². The third-order valence-electron chi connectivity index (χ3n) is 4.17. The molecule has 3 rings (SSSR count). The average molecular weight is 385 g/mol. The van der Waals surface area contributed by atoms with Gasteiger partial charge in [0.15, 0.2) is 0 Å². The molecule has 0 unspecified atom stereocenters. The van der Waals surface area contributed by atoms with Crippen LogP contribution in [0.15, 0.2) is 47.6 Å². The van der Waals surface area contributed by atoms with Gasteiger partial charge in [-0.2, -0.15) is 4.68 Å². The highest BCUT2D eigenvalue weighted by atomic mass is 32.2. The number of aromatic nitrogens is 4. The van der Waals surface area contributed by atoms with Crippen LogP contribution in [0.4, 0.5) is 10.1 Å². The first-order valence-electron chi connectivity index (χ1n) is 8.55. The number of nitrogens with zero attached hydrogens (tertiary/aromatic N) is 5. The van der Waals surface area contributed by atoms with Gasteiger partial charge in [-0.05, 0) is 66.6 Å². The van der Waals surface area contributed by atoms with Crippen LogP contribution in [-0.2, 0) is 4.79 Å². The number of anilines is 1. The van der Waals surface area contributed by atoms with Gasteiger partial charge in [0, 0.05) is 12.2 Å². The van der Waals surface area contributed by atoms with Crippen molar-refractivity contribution in [2.24, 2.45) is 0 Å². The van der Waals surface area contributed by atoms with Gasteiger partial charge >= 0.3 is 0 Å². The van der Waals surface area contributed by atoms with E-state index in [0.29, 0.717) is 17.4 Å². The van der Waals surface area contributed by atoms with Crippen molar-refractivity contribution in [1.82, 2.24) is 20.2 Å². The Balaban J connectivity index is 1.76. The van der Waals surface area contributed by atoms with Crippen LogP contribution in [0.3, 0.4) is 0 Å². The Morgan fingerprint density at radius 1 is 1.15 bits per heavy atom. The maximum atomic E-state index is 13.1. The molecule has 0 N–H and O–H groups in total. The molecule has 1 amide bonds. The van der Waals surface area contributed by atoms with Gasteiger partial charge in [0.2, 0.25) is 11.1 Å². The van der Waals surface area contributed by atoms with Gasteiger partial charge in [0.05, 0.1) is 11.4 Å². The summed E-state index contributed by atoms with van der Waals surface area (Å²) in [6, 6.07) is 11.9. The molecule has 0 atom stereocenters. The van der Waals surface area contributed by atoms with Gasteiger partial charge < -0.3 is 4.90 Å². The van der Waals surface area contributed by atoms with E-state index in [9.17, 15) is 9.18 Å². The van der Waals surface area contributed by atoms with Crippen LogP contribution in [0.5, 0.6) is 0 Å². The number of carbonyl (C=O) groups is 1. The zero-order valence-electron chi connectivity index (χ0n) is 15.4. The van der Waals surface area contributed by atoms with E-state index in [1.165, 1.54) is 23.9 Å². The Bertz CT molecular complexity index is 921. The third-order valence-corrected chi connectivity index (χ3v) is 5.08. The zero-order valence-corrected chi connectivity index (χ0v) is 16.2. The summed E-state index contributed by atoms with van der Waals surface area (Å²) >= 11 is 1.28. The number of rotatable bonds is 6. The van der Waals surface area contributed by atoms with Crippen LogP contribution in [0.2, 0.25) is 0 Å². The molecular weight excluding hydrogens is 365 g/mol. The van der Waals surface area contributed by atoms with Gasteiger partial charge in [0.1, 0.15) is 5.82 Å². The molecule has 0 saturated heterocycles. The minimum absolute atomic E-state index is 0.0924. The molecule has 0 bridgehead atoms. The topological polar surface area (TPSA) is 63.9 Å². The van der Waals surface area contributed by atoms with Crippen LogP contribution >= 0.6 is 11.8 Å². The van der Waals surface area contributed by atoms with E-state index in [-0.39, 0.29) is 17.5 Å². The summed E-state index contributed by atoms with van der Waals surface area (Å²) in [5, 5.41) is 12.5. The quantitative estimate of drug-likeness (QED) is 0.607. The summed E-state index contributed by atoms with van der Waals surface area (Å²) in [5.74, 6) is -0.245. The van der Waals surface area contributed by atoms with Crippen molar-refractivity contribution in [3.05, 3.63) is 59.4 Å². The maximum absolute atomic E-state index is 13.1. The van der Waals surface area contributed by atoms with Crippen molar-refractivity contribution >= 4 is 23.4 Å². The Labute approximate surface area is 161 Å². The molecule has 6 nitrogen and oxygen atoms in total. The maximum Gasteiger partial charge on any atom is 0.237 e. The number of thioether (sulfide) groups is 1. The fraction of sp³-hybridized carbons (Fsp3) is 0.263. The van der Waals surface area contributed by atoms with Gasteiger partial charge in [-0.1, -0.05) is 30.0 Å². The van der Waals surface area contributed by atoms with E-state index in [0.717, 1.165) is 16.8 Å². The molecule has 1 heterocycles. The van der Waals surface area contributed by atoms with Gasteiger partial charge in [-0.15, -0.1) is 5.10 Å². The lowest BCUT2D eigenvalue weighted by molar-refractivity contribution is -0.116. The summed E-state index contributed by atoms with van der Waals surface area (Å²) in [5.41, 5.74) is 3.69. The Kier molecular flexibility index (Phi) is 5.85. The minimum atomic E-state index is -0.329. The van der Waals surface area contributed by atoms with Crippen molar-refractivity contribution in [1.29, 1.82) is 0 Å². The second-order valence-electron chi connectivity index (χ2n) is 6.02. The number of hydrogen-bond donors (Lipinski definition) is 0. The highest BCUT2D eigenvalue weighted by molar-refractivity contribution is 7.99. The van der Waals surface area contributed by atoms with Crippen molar-refractivity contribution in [3.63, 3.8) is 0 Å². The molecule has 0 radical (unpaired) electrons. The molecule has 3 aromatic rings. The summed E-state index contributed by atoms with van der Waals surface area (Å²) < 4.78 is 14.8. The SMILES string of the molecule is CCN(C(=O)CSc1nnnn1-c1c(C)cccc1C)c1ccc(F)cc1. The molecule has 27 heavy (non-hydrogen) atoms. The number of benzene rings is 2. The predicted octanol–water partition coefficient (Wildman–Crippen LogP) is 3.56. The van der Waals surface area contributed by atoms with E-state index in [1.54, 1.807) is 21.7 Å². The van der Waals surface area contributed by atoms with Crippen molar-refractivity contribution in [2.45, 2.75) is 25.9 Å². The lowest BCUT2D eigenvalue weighted by atomic mass is 10.1. The molecule has 0 aliphatic heterocycles. The number of hydrogen-bond acceptors (Lipinski definition) is 5. The van der Waals surface area contributed by atoms with E-state index in [2.05, 4.69) is 15.5 Å². The molecule has 140 valence electrons. The van der Waals surface area contributed by atoms with E-state index < -0.39 is 0 Å². The molecule has 0 saturated carbocycles. The number of tetrazole rings is 1. The molecule has 0 spiro atoms. The zero-order chi connectivity index (χ0) is 19.4. The normalized spacial score (nSPS) is 10.8. The average Bonchev–Trinajstić information content (AvgIpc) is 3.10. The molecule has 0 fully saturated rings. The lowest BCUT2D eigenvalue weighted by Crippen LogP contribution is -2.32. The Hall–Kier alpha value is -2.74. The standard InChI is InChI=1S/C19H20FN5OS/c1-4-24(16-10-8-15(20)9-11-16)17(26)12-27-19-21-22-23-25(19)18-13(2)6-5-7-14(18)3/h5-11H,4,12H2,1-3H3. The predicted molar refractivity (Wildman–Crippen MR) is 104 cm³/mol. The number of amides is 1. The van der Waals surface area contributed by atoms with E-state index >= 15 is 0 Å². The Morgan fingerprint density at radius 2 is 1.81 bits per heavy atom. The largest absolute Gasteiger partial charge is 0.312 e. The second-order valence-corrected chi connectivity index (χ2v) is 6.96. The van der Waals surface area contributed by atoms with E-state index in [1.807, 2.05) is 39.0 Å². The van der Waals surface area contributed by atoms with Crippen molar-refractivity contribution < 1.29 is 9.18 Å². The highest BCUT2D eigenvalue weighted by Crippen LogP contribution is 2.24. The fourth-order valence-electron chi connectivity index (χ4n) is 2.88. The molecule has 0 aliphatic carbocycles. The minimum Gasteiger partial charge on any atom is -0.312 e. The smallest absolute Gasteiger partial charge is 0.237 e. The van der Waals surface area contributed by atoms with Crippen LogP contribution in [0, 0.1) is 19.7 Å². The molecular formula is C19H20FN5OS. The number of carbonyl (C=O) groups excluding carboxylic acids is 1. The van der Waals surface area contributed by atoms with Crippen LogP contribution in [0.25, 0.3) is 5.69 Å². The summed E-state index contributed by atoms with van der Waals surface area (Å²) in [6.07, 6.45) is 0. The monoisotopic (exact) mass is 385 g/mol. The fourth-order valence-corrected chi connectivity index (χ4v) is 3.63. The van der Waals surface area contributed by atoms with Gasteiger partial charge in [-0.3, -0.25) is 4.79 Å². The number of halogens is 1. The van der Waals surface area contributed by atoms with Crippen molar-refractivity contribution in [2.75, 3.05) is 17.2 Å². The number of aryl methyl sites for hydroxylation is 2. The second kappa shape index (κ2) is 8.30. The third kappa shape index (κ3) is 4.16. The van der Waals surface area contributed by atoms with Gasteiger partial charge in [-0.25, -0.2) is 4.39 Å². The lowest BCUT2D eigenvalue weighted by Gasteiger charge is -2.20. The first-order chi connectivity index (χ1) is 13.0. The van der Waals surface area contributed by atoms with Crippen LogP contribution < -0.4 is 4.90 Å². The molecule has 1 aromatic heterocycles. The highest BCUT2D eigenvalue weighted by Gasteiger charge is 2.18. The first-order valence-corrected chi connectivity index (χ1v) is 9.53. The summed E-state index contributed by atoms with van der Waals surface area (Å²) in [4.78, 5) is 14.3. The van der Waals surface area contributed by atoms with E-state index in [4.69, 9.17) is 0 Å². The summed E-state index contributed by atoms with van der Waals surface area (Å²) in [7, 11) is 0. The Morgan fingerprint density at radius 3 is 2.44 bits per heavy atom. The first kappa shape index (κ1) is 19.0. The summed E-state index contributed by atoms with van der Waals surface area (Å²) in [6.45, 7) is 6.37. The van der Waals surface area contributed by atoms with Gasteiger partial charge in [0.25, 0.3) is 0 Å². The molecule has 8 heteroatoms. The number of para-hydroxylation sites is 1.